The molecule has 0 saturated carbocycles. The van der Waals surface area contributed by atoms with E-state index in [9.17, 15) is 0 Å². The molecule has 0 atom stereocenters. The normalized spacial score (nSPS) is 15.8. The molecule has 6 heteroatoms. The maximum atomic E-state index is 5.19. The summed E-state index contributed by atoms with van der Waals surface area (Å²) in [5, 5.41) is 4.64. The third-order valence-corrected chi connectivity index (χ3v) is 4.73. The molecule has 0 radical (unpaired) electrons. The van der Waals surface area contributed by atoms with E-state index in [-0.39, 0.29) is 0 Å². The van der Waals surface area contributed by atoms with Crippen LogP contribution in [0.1, 0.15) is 5.56 Å². The van der Waals surface area contributed by atoms with Gasteiger partial charge in [-0.2, -0.15) is 0 Å². The lowest BCUT2D eigenvalue weighted by atomic mass is 10.2. The number of aromatic nitrogens is 3. The number of hydrogen-bond acceptors (Lipinski definition) is 5. The molecule has 2 aromatic heterocycles. The molecule has 1 fully saturated rings. The Bertz CT molecular complexity index is 879. The lowest BCUT2D eigenvalue weighted by molar-refractivity contribution is 0.283. The van der Waals surface area contributed by atoms with Crippen molar-refractivity contribution < 1.29 is 4.74 Å². The fourth-order valence-corrected chi connectivity index (χ4v) is 3.19. The zero-order valence-electron chi connectivity index (χ0n) is 15.0. The van der Waals surface area contributed by atoms with E-state index in [1.54, 1.807) is 13.3 Å². The van der Waals surface area contributed by atoms with Gasteiger partial charge in [0.2, 0.25) is 0 Å². The van der Waals surface area contributed by atoms with Gasteiger partial charge >= 0.3 is 0 Å². The summed E-state index contributed by atoms with van der Waals surface area (Å²) in [6.07, 6.45) is 8.06. The van der Waals surface area contributed by atoms with Crippen molar-refractivity contribution in [3.05, 3.63) is 60.4 Å². The molecule has 0 bridgehead atoms. The van der Waals surface area contributed by atoms with Crippen LogP contribution >= 0.6 is 0 Å². The van der Waals surface area contributed by atoms with Crippen molar-refractivity contribution in [3.8, 4) is 5.75 Å². The van der Waals surface area contributed by atoms with Gasteiger partial charge in [-0.05, 0) is 29.8 Å². The third kappa shape index (κ3) is 3.70. The quantitative estimate of drug-likeness (QED) is 0.708. The topological polar surface area (TPSA) is 45.9 Å². The molecule has 1 aliphatic heterocycles. The average Bonchev–Trinajstić information content (AvgIpc) is 3.17. The Hall–Kier alpha value is -2.86. The minimum Gasteiger partial charge on any atom is -0.497 e. The summed E-state index contributed by atoms with van der Waals surface area (Å²) in [5.41, 5.74) is 2.08. The van der Waals surface area contributed by atoms with Gasteiger partial charge in [-0.25, -0.2) is 9.50 Å². The fourth-order valence-electron chi connectivity index (χ4n) is 3.19. The number of benzene rings is 1. The number of hydrogen-bond donors (Lipinski definition) is 0. The first-order chi connectivity index (χ1) is 12.8. The van der Waals surface area contributed by atoms with Crippen LogP contribution in [-0.2, 0) is 0 Å². The summed E-state index contributed by atoms with van der Waals surface area (Å²) in [5.74, 6) is 1.91. The van der Waals surface area contributed by atoms with Gasteiger partial charge in [-0.15, -0.1) is 5.10 Å². The Morgan fingerprint density at radius 2 is 1.85 bits per heavy atom. The molecule has 0 N–H and O–H groups in total. The predicted octanol–water partition coefficient (Wildman–Crippen LogP) is 2.57. The summed E-state index contributed by atoms with van der Waals surface area (Å²) in [6.45, 7) is 5.02. The number of ether oxygens (including phenoxy) is 1. The van der Waals surface area contributed by atoms with Crippen LogP contribution in [-0.4, -0.2) is 59.3 Å². The van der Waals surface area contributed by atoms with E-state index in [0.29, 0.717) is 0 Å². The van der Waals surface area contributed by atoms with E-state index < -0.39 is 0 Å². The second kappa shape index (κ2) is 7.58. The van der Waals surface area contributed by atoms with Gasteiger partial charge in [0.15, 0.2) is 5.65 Å². The van der Waals surface area contributed by atoms with Gasteiger partial charge < -0.3 is 9.64 Å². The number of piperazine rings is 1. The Kier molecular flexibility index (Phi) is 4.84. The smallest absolute Gasteiger partial charge is 0.153 e. The van der Waals surface area contributed by atoms with E-state index in [2.05, 4.69) is 50.2 Å². The van der Waals surface area contributed by atoms with E-state index >= 15 is 0 Å². The van der Waals surface area contributed by atoms with Crippen LogP contribution in [0, 0.1) is 0 Å². The van der Waals surface area contributed by atoms with Crippen LogP contribution in [0.2, 0.25) is 0 Å². The van der Waals surface area contributed by atoms with E-state index in [4.69, 9.17) is 4.74 Å². The first kappa shape index (κ1) is 16.6. The molecule has 4 rings (SSSR count). The van der Waals surface area contributed by atoms with Gasteiger partial charge in [0.05, 0.1) is 7.11 Å². The number of anilines is 1. The number of rotatable bonds is 5. The van der Waals surface area contributed by atoms with Gasteiger partial charge in [0, 0.05) is 45.1 Å². The van der Waals surface area contributed by atoms with Crippen LogP contribution in [0.4, 0.5) is 5.82 Å². The molecule has 26 heavy (non-hydrogen) atoms. The van der Waals surface area contributed by atoms with Crippen molar-refractivity contribution in [1.29, 1.82) is 0 Å². The zero-order chi connectivity index (χ0) is 17.8. The van der Waals surface area contributed by atoms with Crippen molar-refractivity contribution in [2.75, 3.05) is 44.7 Å². The molecular formula is C20H23N5O. The summed E-state index contributed by atoms with van der Waals surface area (Å²) >= 11 is 0. The molecule has 0 aliphatic carbocycles. The van der Waals surface area contributed by atoms with Crippen LogP contribution < -0.4 is 9.64 Å². The van der Waals surface area contributed by atoms with Gasteiger partial charge in [-0.3, -0.25) is 4.90 Å². The molecule has 0 amide bonds. The summed E-state index contributed by atoms with van der Waals surface area (Å²) in [6, 6.07) is 12.2. The Morgan fingerprint density at radius 1 is 1.04 bits per heavy atom. The minimum atomic E-state index is 0.885. The van der Waals surface area contributed by atoms with Crippen LogP contribution in [0.5, 0.6) is 5.75 Å². The molecule has 134 valence electrons. The third-order valence-electron chi connectivity index (χ3n) is 4.73. The van der Waals surface area contributed by atoms with Crippen molar-refractivity contribution in [2.45, 2.75) is 0 Å². The number of methoxy groups -OCH3 is 1. The van der Waals surface area contributed by atoms with Crippen LogP contribution in [0.3, 0.4) is 0 Å². The number of nitrogens with zero attached hydrogens (tertiary/aromatic N) is 5. The van der Waals surface area contributed by atoms with Crippen molar-refractivity contribution in [3.63, 3.8) is 0 Å². The second-order valence-corrected chi connectivity index (χ2v) is 6.38. The SMILES string of the molecule is COc1ccc(/C=C/CN2CCN(c3ccc4nccn4n3)CC2)cc1. The highest BCUT2D eigenvalue weighted by Crippen LogP contribution is 2.15. The predicted molar refractivity (Wildman–Crippen MR) is 104 cm³/mol. The highest BCUT2D eigenvalue weighted by atomic mass is 16.5. The van der Waals surface area contributed by atoms with Gasteiger partial charge in [0.25, 0.3) is 0 Å². The molecule has 3 aromatic rings. The second-order valence-electron chi connectivity index (χ2n) is 6.38. The van der Waals surface area contributed by atoms with Crippen molar-refractivity contribution in [1.82, 2.24) is 19.5 Å². The van der Waals surface area contributed by atoms with Gasteiger partial charge in [0.1, 0.15) is 11.6 Å². The molecule has 0 spiro atoms. The van der Waals surface area contributed by atoms with E-state index in [1.165, 1.54) is 5.56 Å². The first-order valence-electron chi connectivity index (χ1n) is 8.90. The molecular weight excluding hydrogens is 326 g/mol. The van der Waals surface area contributed by atoms with Crippen LogP contribution in [0.15, 0.2) is 54.9 Å². The monoisotopic (exact) mass is 349 g/mol. The molecule has 0 unspecified atom stereocenters. The van der Waals surface area contributed by atoms with Crippen molar-refractivity contribution in [2.24, 2.45) is 0 Å². The average molecular weight is 349 g/mol. The minimum absolute atomic E-state index is 0.885. The standard InChI is InChI=1S/C20H23N5O/c1-26-18-6-4-17(5-7-18)3-2-11-23-13-15-24(16-14-23)20-9-8-19-21-10-12-25(19)22-20/h2-10,12H,11,13-16H2,1H3/b3-2+. The summed E-state index contributed by atoms with van der Waals surface area (Å²) in [4.78, 5) is 9.05. The molecule has 6 nitrogen and oxygen atoms in total. The van der Waals surface area contributed by atoms with Crippen LogP contribution in [0.25, 0.3) is 11.7 Å². The Balaban J connectivity index is 1.29. The summed E-state index contributed by atoms with van der Waals surface area (Å²) in [7, 11) is 1.69. The number of imidazole rings is 1. The zero-order valence-corrected chi connectivity index (χ0v) is 15.0. The maximum absolute atomic E-state index is 5.19. The largest absolute Gasteiger partial charge is 0.497 e. The Morgan fingerprint density at radius 3 is 2.62 bits per heavy atom. The Labute approximate surface area is 153 Å². The molecule has 3 heterocycles. The van der Waals surface area contributed by atoms with Gasteiger partial charge in [-0.1, -0.05) is 24.3 Å². The van der Waals surface area contributed by atoms with E-state index in [0.717, 1.165) is 49.9 Å². The maximum Gasteiger partial charge on any atom is 0.153 e. The fraction of sp³-hybridized carbons (Fsp3) is 0.300. The highest BCUT2D eigenvalue weighted by Gasteiger charge is 2.17. The van der Waals surface area contributed by atoms with Crippen molar-refractivity contribution >= 4 is 17.5 Å². The number of fused-ring (bicyclic) bond motifs is 1. The lowest BCUT2D eigenvalue weighted by Crippen LogP contribution is -2.46. The first-order valence-corrected chi connectivity index (χ1v) is 8.90. The lowest BCUT2D eigenvalue weighted by Gasteiger charge is -2.34. The summed E-state index contributed by atoms with van der Waals surface area (Å²) < 4.78 is 7.02. The van der Waals surface area contributed by atoms with E-state index in [1.807, 2.05) is 28.9 Å². The molecule has 1 aromatic carbocycles. The highest BCUT2D eigenvalue weighted by molar-refractivity contribution is 5.51. The molecule has 1 aliphatic rings. The molecule has 1 saturated heterocycles.